The number of piperazine rings is 2. The van der Waals surface area contributed by atoms with Gasteiger partial charge in [0.15, 0.2) is 11.5 Å². The molecule has 0 bridgehead atoms. The van der Waals surface area contributed by atoms with Crippen LogP contribution in [0.3, 0.4) is 0 Å². The zero-order valence-electron chi connectivity index (χ0n) is 20.2. The molecule has 0 unspecified atom stereocenters. The fourth-order valence-corrected chi connectivity index (χ4v) is 5.22. The van der Waals surface area contributed by atoms with Gasteiger partial charge in [-0.25, -0.2) is 0 Å². The topological polar surface area (TPSA) is 65.6 Å². The van der Waals surface area contributed by atoms with Crippen molar-refractivity contribution in [3.63, 3.8) is 0 Å². The van der Waals surface area contributed by atoms with Gasteiger partial charge >= 0.3 is 0 Å². The molecule has 9 heteroatoms. The normalized spacial score (nSPS) is 20.4. The summed E-state index contributed by atoms with van der Waals surface area (Å²) in [6.07, 6.45) is 7.36. The van der Waals surface area contributed by atoms with E-state index in [0.29, 0.717) is 44.2 Å². The molecule has 186 valence electrons. The predicted octanol–water partition coefficient (Wildman–Crippen LogP) is 2.32. The van der Waals surface area contributed by atoms with Gasteiger partial charge in [0.1, 0.15) is 0 Å². The van der Waals surface area contributed by atoms with Crippen LogP contribution in [0.2, 0.25) is 0 Å². The van der Waals surface area contributed by atoms with E-state index in [1.165, 1.54) is 19.3 Å². The molecule has 1 saturated carbocycles. The summed E-state index contributed by atoms with van der Waals surface area (Å²) < 4.78 is 11.5. The summed E-state index contributed by atoms with van der Waals surface area (Å²) >= 11 is 3.52. The highest BCUT2D eigenvalue weighted by Gasteiger charge is 2.30. The number of carbonyl (C=O) groups is 2. The van der Waals surface area contributed by atoms with Gasteiger partial charge in [0.25, 0.3) is 0 Å². The molecule has 0 radical (unpaired) electrons. The molecular weight excluding hydrogens is 500 g/mol. The highest BCUT2D eigenvalue weighted by atomic mass is 79.9. The fourth-order valence-electron chi connectivity index (χ4n) is 4.77. The van der Waals surface area contributed by atoms with Crippen molar-refractivity contribution in [1.29, 1.82) is 0 Å². The second kappa shape index (κ2) is 11.6. The van der Waals surface area contributed by atoms with Crippen molar-refractivity contribution in [2.75, 3.05) is 73.1 Å². The predicted molar refractivity (Wildman–Crippen MR) is 135 cm³/mol. The highest BCUT2D eigenvalue weighted by molar-refractivity contribution is 9.10. The third-order valence-electron chi connectivity index (χ3n) is 7.21. The van der Waals surface area contributed by atoms with Gasteiger partial charge < -0.3 is 19.3 Å². The van der Waals surface area contributed by atoms with Gasteiger partial charge in [0.05, 0.1) is 20.8 Å². The number of carbonyl (C=O) groups excluding carboxylic acids is 2. The van der Waals surface area contributed by atoms with E-state index in [2.05, 4.69) is 25.7 Å². The molecule has 8 nitrogen and oxygen atoms in total. The standard InChI is InChI=1S/C25H35BrN4O4/c1-33-22-16-19(21(26)17-23(22)34-2)6-7-24(31)29-10-8-27(9-11-29)18-25(32)30-14-12-28(13-15-30)20-4-3-5-20/h6-7,16-17,20H,3-5,8-15,18H2,1-2H3/b7-6+. The molecule has 0 spiro atoms. The lowest BCUT2D eigenvalue weighted by molar-refractivity contribution is -0.135. The van der Waals surface area contributed by atoms with Crippen molar-refractivity contribution in [3.8, 4) is 11.5 Å². The van der Waals surface area contributed by atoms with Crippen LogP contribution in [0.1, 0.15) is 24.8 Å². The number of halogens is 1. The van der Waals surface area contributed by atoms with Crippen LogP contribution in [-0.4, -0.2) is 111 Å². The molecule has 0 N–H and O–H groups in total. The van der Waals surface area contributed by atoms with Gasteiger partial charge in [0.2, 0.25) is 11.8 Å². The monoisotopic (exact) mass is 534 g/mol. The number of rotatable bonds is 7. The number of benzene rings is 1. The molecule has 4 rings (SSSR count). The molecule has 2 amide bonds. The summed E-state index contributed by atoms with van der Waals surface area (Å²) in [6.45, 7) is 6.80. The average Bonchev–Trinajstić information content (AvgIpc) is 2.82. The Kier molecular flexibility index (Phi) is 8.50. The maximum atomic E-state index is 12.8. The van der Waals surface area contributed by atoms with Crippen molar-refractivity contribution in [2.24, 2.45) is 0 Å². The van der Waals surface area contributed by atoms with Gasteiger partial charge in [0, 0.05) is 68.9 Å². The largest absolute Gasteiger partial charge is 0.493 e. The Balaban J connectivity index is 1.22. The first-order valence-electron chi connectivity index (χ1n) is 12.1. The molecular formula is C25H35BrN4O4. The summed E-state index contributed by atoms with van der Waals surface area (Å²) in [4.78, 5) is 34.1. The number of hydrogen-bond donors (Lipinski definition) is 0. The van der Waals surface area contributed by atoms with E-state index < -0.39 is 0 Å². The van der Waals surface area contributed by atoms with Gasteiger partial charge in [-0.2, -0.15) is 0 Å². The summed E-state index contributed by atoms with van der Waals surface area (Å²) in [5.41, 5.74) is 0.840. The van der Waals surface area contributed by atoms with Crippen LogP contribution in [0.5, 0.6) is 11.5 Å². The maximum Gasteiger partial charge on any atom is 0.246 e. The van der Waals surface area contributed by atoms with Crippen molar-refractivity contribution >= 4 is 33.8 Å². The van der Waals surface area contributed by atoms with Gasteiger partial charge in [-0.05, 0) is 36.6 Å². The maximum absolute atomic E-state index is 12.8. The van der Waals surface area contributed by atoms with E-state index in [1.807, 2.05) is 21.9 Å². The summed E-state index contributed by atoms with van der Waals surface area (Å²) in [5, 5.41) is 0. The Morgan fingerprint density at radius 1 is 0.941 bits per heavy atom. The second-order valence-corrected chi connectivity index (χ2v) is 10.0. The van der Waals surface area contributed by atoms with Crippen molar-refractivity contribution in [2.45, 2.75) is 25.3 Å². The third kappa shape index (κ3) is 5.93. The quantitative estimate of drug-likeness (QED) is 0.500. The molecule has 3 aliphatic rings. The Hall–Kier alpha value is -2.10. The Morgan fingerprint density at radius 2 is 1.56 bits per heavy atom. The van der Waals surface area contributed by atoms with Gasteiger partial charge in [-0.15, -0.1) is 0 Å². The highest BCUT2D eigenvalue weighted by Crippen LogP contribution is 2.34. The van der Waals surface area contributed by atoms with Crippen LogP contribution in [0.4, 0.5) is 0 Å². The van der Waals surface area contributed by atoms with Crippen LogP contribution in [-0.2, 0) is 9.59 Å². The molecule has 34 heavy (non-hydrogen) atoms. The van der Waals surface area contributed by atoms with E-state index in [1.54, 1.807) is 26.4 Å². The van der Waals surface area contributed by atoms with E-state index in [4.69, 9.17) is 9.47 Å². The van der Waals surface area contributed by atoms with Crippen LogP contribution in [0.25, 0.3) is 6.08 Å². The number of hydrogen-bond acceptors (Lipinski definition) is 6. The lowest BCUT2D eigenvalue weighted by Gasteiger charge is -2.43. The molecule has 3 fully saturated rings. The molecule has 1 aromatic carbocycles. The third-order valence-corrected chi connectivity index (χ3v) is 7.90. The Morgan fingerprint density at radius 3 is 2.15 bits per heavy atom. The van der Waals surface area contributed by atoms with E-state index in [9.17, 15) is 9.59 Å². The average molecular weight is 535 g/mol. The molecule has 2 heterocycles. The number of nitrogens with zero attached hydrogens (tertiary/aromatic N) is 4. The fraction of sp³-hybridized carbons (Fsp3) is 0.600. The zero-order chi connectivity index (χ0) is 24.1. The van der Waals surface area contributed by atoms with Crippen molar-refractivity contribution in [3.05, 3.63) is 28.2 Å². The van der Waals surface area contributed by atoms with Crippen molar-refractivity contribution < 1.29 is 19.1 Å². The summed E-state index contributed by atoms with van der Waals surface area (Å²) in [7, 11) is 3.18. The molecule has 1 aromatic rings. The minimum Gasteiger partial charge on any atom is -0.493 e. The first kappa shape index (κ1) is 25.0. The molecule has 0 aromatic heterocycles. The zero-order valence-corrected chi connectivity index (χ0v) is 21.8. The van der Waals surface area contributed by atoms with Crippen LogP contribution >= 0.6 is 15.9 Å². The molecule has 1 aliphatic carbocycles. The van der Waals surface area contributed by atoms with Crippen LogP contribution in [0, 0.1) is 0 Å². The minimum absolute atomic E-state index is 0.0280. The van der Waals surface area contributed by atoms with Crippen molar-refractivity contribution in [1.82, 2.24) is 19.6 Å². The number of ether oxygens (including phenoxy) is 2. The first-order chi connectivity index (χ1) is 16.5. The van der Waals surface area contributed by atoms with Crippen LogP contribution in [0.15, 0.2) is 22.7 Å². The smallest absolute Gasteiger partial charge is 0.246 e. The van der Waals surface area contributed by atoms with Gasteiger partial charge in [-0.1, -0.05) is 22.4 Å². The SMILES string of the molecule is COc1cc(Br)c(/C=C/C(=O)N2CCN(CC(=O)N3CCN(C4CCC4)CC3)CC2)cc1OC. The van der Waals surface area contributed by atoms with Gasteiger partial charge in [-0.3, -0.25) is 19.4 Å². The first-order valence-corrected chi connectivity index (χ1v) is 12.9. The number of amides is 2. The lowest BCUT2D eigenvalue weighted by atomic mass is 9.91. The van der Waals surface area contributed by atoms with E-state index in [-0.39, 0.29) is 11.8 Å². The molecule has 2 saturated heterocycles. The second-order valence-electron chi connectivity index (χ2n) is 9.16. The lowest BCUT2D eigenvalue weighted by Crippen LogP contribution is -2.56. The number of methoxy groups -OCH3 is 2. The Bertz CT molecular complexity index is 904. The Labute approximate surface area is 210 Å². The summed E-state index contributed by atoms with van der Waals surface area (Å²) in [5.74, 6) is 1.43. The summed E-state index contributed by atoms with van der Waals surface area (Å²) in [6, 6.07) is 4.42. The molecule has 2 aliphatic heterocycles. The minimum atomic E-state index is -0.0280. The van der Waals surface area contributed by atoms with Crippen LogP contribution < -0.4 is 9.47 Å². The van der Waals surface area contributed by atoms with E-state index in [0.717, 1.165) is 42.3 Å². The van der Waals surface area contributed by atoms with E-state index >= 15 is 0 Å². The molecule has 0 atom stereocenters.